The third kappa shape index (κ3) is 7.50. The summed E-state index contributed by atoms with van der Waals surface area (Å²) in [5.74, 6) is 1.19. The molecule has 0 aliphatic rings. The third-order valence-electron chi connectivity index (χ3n) is 2.79. The molecule has 1 amide bonds. The Hall–Kier alpha value is -2.64. The molecule has 0 spiro atoms. The number of amides is 1. The number of hydrogen-bond acceptors (Lipinski definition) is 5. The molecule has 2 aromatic rings. The molecular weight excluding hydrogens is 385 g/mol. The van der Waals surface area contributed by atoms with Crippen LogP contribution in [-0.4, -0.2) is 30.4 Å². The van der Waals surface area contributed by atoms with E-state index in [2.05, 4.69) is 10.5 Å². The molecule has 2 rings (SSSR count). The zero-order valence-corrected chi connectivity index (χ0v) is 15.5. The third-order valence-corrected chi connectivity index (χ3v) is 3.32. The SMILES string of the molecule is COC(=O)C(C)Oc1ccc(Oc2ccc(Cl)cc2Cl)cc1.NC(=O)O. The van der Waals surface area contributed by atoms with Crippen molar-refractivity contribution in [3.63, 3.8) is 0 Å². The Bertz CT molecular complexity index is 747. The lowest BCUT2D eigenvalue weighted by Gasteiger charge is -2.13. The number of primary amides is 1. The minimum absolute atomic E-state index is 0.423. The highest BCUT2D eigenvalue weighted by Crippen LogP contribution is 2.32. The second-order valence-electron chi connectivity index (χ2n) is 4.77. The van der Waals surface area contributed by atoms with Gasteiger partial charge in [-0.3, -0.25) is 0 Å². The van der Waals surface area contributed by atoms with Crippen LogP contribution in [0.2, 0.25) is 10.0 Å². The van der Waals surface area contributed by atoms with E-state index in [1.807, 2.05) is 0 Å². The zero-order valence-electron chi connectivity index (χ0n) is 13.9. The van der Waals surface area contributed by atoms with Crippen molar-refractivity contribution in [3.8, 4) is 17.2 Å². The van der Waals surface area contributed by atoms with E-state index in [4.69, 9.17) is 42.6 Å². The molecule has 1 unspecified atom stereocenters. The Balaban J connectivity index is 0.000000765. The fourth-order valence-corrected chi connectivity index (χ4v) is 2.14. The standard InChI is InChI=1S/C16H14Cl2O4.CH3NO2/c1-10(16(19)20-2)21-12-4-6-13(7-5-12)22-15-8-3-11(17)9-14(15)18;2-1(3)4/h3-10H,1-2H3;2H2,(H,3,4). The normalized spacial score (nSPS) is 10.8. The van der Waals surface area contributed by atoms with Crippen LogP contribution in [0.15, 0.2) is 42.5 Å². The average molecular weight is 402 g/mol. The molecule has 0 heterocycles. The number of carbonyl (C=O) groups excluding carboxylic acids is 1. The summed E-state index contributed by atoms with van der Waals surface area (Å²) in [5.41, 5.74) is 4.03. The Morgan fingerprint density at radius 3 is 2.12 bits per heavy atom. The number of esters is 1. The maximum absolute atomic E-state index is 11.3. The number of benzene rings is 2. The summed E-state index contributed by atoms with van der Waals surface area (Å²) in [7, 11) is 1.31. The van der Waals surface area contributed by atoms with Gasteiger partial charge in [-0.2, -0.15) is 0 Å². The predicted octanol–water partition coefficient (Wildman–Crippen LogP) is 4.35. The molecule has 3 N–H and O–H groups in total. The van der Waals surface area contributed by atoms with Crippen molar-refractivity contribution in [3.05, 3.63) is 52.5 Å². The van der Waals surface area contributed by atoms with E-state index in [-0.39, 0.29) is 0 Å². The maximum Gasteiger partial charge on any atom is 0.402 e. The number of hydrogen-bond donors (Lipinski definition) is 2. The molecule has 1 atom stereocenters. The lowest BCUT2D eigenvalue weighted by Crippen LogP contribution is -2.24. The smallest absolute Gasteiger partial charge is 0.402 e. The van der Waals surface area contributed by atoms with Crippen LogP contribution in [0, 0.1) is 0 Å². The monoisotopic (exact) mass is 401 g/mol. The van der Waals surface area contributed by atoms with Gasteiger partial charge in [0.15, 0.2) is 6.10 Å². The highest BCUT2D eigenvalue weighted by atomic mass is 35.5. The van der Waals surface area contributed by atoms with Gasteiger partial charge in [-0.25, -0.2) is 9.59 Å². The van der Waals surface area contributed by atoms with Gasteiger partial charge in [0, 0.05) is 5.02 Å². The van der Waals surface area contributed by atoms with E-state index >= 15 is 0 Å². The van der Waals surface area contributed by atoms with Gasteiger partial charge in [-0.1, -0.05) is 23.2 Å². The van der Waals surface area contributed by atoms with E-state index in [0.717, 1.165) is 0 Å². The van der Waals surface area contributed by atoms with Crippen molar-refractivity contribution >= 4 is 35.3 Å². The van der Waals surface area contributed by atoms with Crippen LogP contribution in [0.25, 0.3) is 0 Å². The van der Waals surface area contributed by atoms with Crippen LogP contribution in [0.5, 0.6) is 17.2 Å². The van der Waals surface area contributed by atoms with Gasteiger partial charge >= 0.3 is 12.1 Å². The van der Waals surface area contributed by atoms with Gasteiger partial charge in [0.1, 0.15) is 17.2 Å². The fraction of sp³-hybridized carbons (Fsp3) is 0.176. The summed E-state index contributed by atoms with van der Waals surface area (Å²) < 4.78 is 15.7. The molecule has 0 aromatic heterocycles. The van der Waals surface area contributed by atoms with Crippen molar-refractivity contribution in [2.75, 3.05) is 7.11 Å². The minimum Gasteiger partial charge on any atom is -0.479 e. The molecule has 0 fully saturated rings. The van der Waals surface area contributed by atoms with Gasteiger partial charge in [-0.05, 0) is 49.4 Å². The number of halogens is 2. The molecule has 0 bridgehead atoms. The summed E-state index contributed by atoms with van der Waals surface area (Å²) >= 11 is 11.9. The van der Waals surface area contributed by atoms with E-state index < -0.39 is 18.2 Å². The number of carbonyl (C=O) groups is 2. The quantitative estimate of drug-likeness (QED) is 0.720. The summed E-state index contributed by atoms with van der Waals surface area (Å²) in [6, 6.07) is 11.8. The Labute approximate surface area is 160 Å². The van der Waals surface area contributed by atoms with Crippen LogP contribution in [0.4, 0.5) is 4.79 Å². The van der Waals surface area contributed by atoms with E-state index in [9.17, 15) is 4.79 Å². The van der Waals surface area contributed by atoms with Gasteiger partial charge in [0.05, 0.1) is 12.1 Å². The Morgan fingerprint density at radius 1 is 1.08 bits per heavy atom. The zero-order chi connectivity index (χ0) is 19.7. The molecule has 0 radical (unpaired) electrons. The highest BCUT2D eigenvalue weighted by Gasteiger charge is 2.14. The number of nitrogens with two attached hydrogens (primary N) is 1. The first kappa shape index (κ1) is 21.4. The maximum atomic E-state index is 11.3. The second-order valence-corrected chi connectivity index (χ2v) is 5.61. The van der Waals surface area contributed by atoms with Crippen LogP contribution >= 0.6 is 23.2 Å². The molecule has 0 aliphatic heterocycles. The van der Waals surface area contributed by atoms with E-state index in [1.165, 1.54) is 7.11 Å². The van der Waals surface area contributed by atoms with Crippen LogP contribution in [0.1, 0.15) is 6.92 Å². The first-order valence-corrected chi connectivity index (χ1v) is 7.94. The topological polar surface area (TPSA) is 108 Å². The molecule has 2 aromatic carbocycles. The second kappa shape index (κ2) is 10.4. The van der Waals surface area contributed by atoms with Gasteiger partial charge in [0.25, 0.3) is 0 Å². The number of ether oxygens (including phenoxy) is 3. The van der Waals surface area contributed by atoms with Gasteiger partial charge in [0.2, 0.25) is 0 Å². The lowest BCUT2D eigenvalue weighted by atomic mass is 10.3. The number of carboxylic acid groups (broad SMARTS) is 1. The van der Waals surface area contributed by atoms with Gasteiger partial charge in [-0.15, -0.1) is 0 Å². The minimum atomic E-state index is -1.33. The summed E-state index contributed by atoms with van der Waals surface area (Å²) in [6.45, 7) is 1.61. The molecule has 0 saturated carbocycles. The summed E-state index contributed by atoms with van der Waals surface area (Å²) in [4.78, 5) is 20.1. The van der Waals surface area contributed by atoms with Gasteiger partial charge < -0.3 is 25.1 Å². The average Bonchev–Trinajstić information content (AvgIpc) is 2.57. The molecule has 9 heteroatoms. The van der Waals surface area contributed by atoms with Crippen molar-refractivity contribution in [1.29, 1.82) is 0 Å². The van der Waals surface area contributed by atoms with Crippen molar-refractivity contribution < 1.29 is 28.9 Å². The summed E-state index contributed by atoms with van der Waals surface area (Å²) in [6.07, 6.45) is -2.01. The molecule has 140 valence electrons. The van der Waals surface area contributed by atoms with E-state index in [1.54, 1.807) is 49.4 Å². The Kier molecular flexibility index (Phi) is 8.54. The summed E-state index contributed by atoms with van der Waals surface area (Å²) in [5, 5.41) is 8.16. The largest absolute Gasteiger partial charge is 0.479 e. The first-order valence-electron chi connectivity index (χ1n) is 7.18. The fourth-order valence-electron chi connectivity index (χ4n) is 1.69. The Morgan fingerprint density at radius 2 is 1.62 bits per heavy atom. The number of rotatable bonds is 5. The van der Waals surface area contributed by atoms with Crippen LogP contribution in [-0.2, 0) is 9.53 Å². The van der Waals surface area contributed by atoms with Crippen molar-refractivity contribution in [1.82, 2.24) is 0 Å². The molecule has 7 nitrogen and oxygen atoms in total. The van der Waals surface area contributed by atoms with Crippen LogP contribution < -0.4 is 15.2 Å². The molecule has 0 saturated heterocycles. The molecular formula is C17H17Cl2NO6. The number of methoxy groups -OCH3 is 1. The van der Waals surface area contributed by atoms with Crippen LogP contribution in [0.3, 0.4) is 0 Å². The molecule has 0 aliphatic carbocycles. The highest BCUT2D eigenvalue weighted by molar-refractivity contribution is 6.35. The lowest BCUT2D eigenvalue weighted by molar-refractivity contribution is -0.147. The predicted molar refractivity (Wildman–Crippen MR) is 97.3 cm³/mol. The first-order chi connectivity index (χ1) is 12.2. The van der Waals surface area contributed by atoms with E-state index in [0.29, 0.717) is 27.3 Å². The van der Waals surface area contributed by atoms with Crippen molar-refractivity contribution in [2.24, 2.45) is 5.73 Å². The van der Waals surface area contributed by atoms with Crippen molar-refractivity contribution in [2.45, 2.75) is 13.0 Å². The molecule has 26 heavy (non-hydrogen) atoms.